The number of amidine groups is 1. The molecule has 0 fully saturated rings. The topological polar surface area (TPSA) is 85.9 Å². The van der Waals surface area contributed by atoms with Crippen LogP contribution < -0.4 is 20.5 Å². The first kappa shape index (κ1) is 12.5. The van der Waals surface area contributed by atoms with Gasteiger partial charge in [0.2, 0.25) is 0 Å². The fraction of sp³-hybridized carbons (Fsp3) is 0.273. The van der Waals surface area contributed by atoms with Gasteiger partial charge in [0, 0.05) is 5.56 Å². The first-order valence-corrected chi connectivity index (χ1v) is 5.51. The molecule has 0 spiro atoms. The number of carbonyl (C=O) groups is 1. The summed E-state index contributed by atoms with van der Waals surface area (Å²) in [7, 11) is 3.00. The molecule has 1 heterocycles. The van der Waals surface area contributed by atoms with E-state index in [2.05, 4.69) is 10.3 Å². The fourth-order valence-corrected chi connectivity index (χ4v) is 2.12. The molecule has 1 aromatic carbocycles. The van der Waals surface area contributed by atoms with Crippen molar-refractivity contribution in [3.8, 4) is 11.5 Å². The van der Waals surface area contributed by atoms with Crippen molar-refractivity contribution >= 4 is 23.5 Å². The average Bonchev–Trinajstić information content (AvgIpc) is 2.67. The van der Waals surface area contributed by atoms with Gasteiger partial charge in [0.1, 0.15) is 11.9 Å². The van der Waals surface area contributed by atoms with Crippen LogP contribution in [0.4, 0.5) is 4.79 Å². The van der Waals surface area contributed by atoms with Crippen LogP contribution in [-0.2, 0) is 0 Å². The molecular formula is C11H12ClN3O3. The molecule has 2 amide bonds. The van der Waals surface area contributed by atoms with E-state index in [0.29, 0.717) is 22.1 Å². The maximum absolute atomic E-state index is 11.1. The SMILES string of the molecule is COc1ccc(C2NC(=O)N=C2N)c(Cl)c1OC. The molecule has 0 saturated carbocycles. The minimum Gasteiger partial charge on any atom is -0.493 e. The van der Waals surface area contributed by atoms with Crippen LogP contribution in [-0.4, -0.2) is 26.1 Å². The normalized spacial score (nSPS) is 18.3. The van der Waals surface area contributed by atoms with Crippen molar-refractivity contribution in [3.05, 3.63) is 22.7 Å². The third-order valence-corrected chi connectivity index (χ3v) is 3.01. The highest BCUT2D eigenvalue weighted by atomic mass is 35.5. The molecule has 2 rings (SSSR count). The number of nitrogens with zero attached hydrogens (tertiary/aromatic N) is 1. The van der Waals surface area contributed by atoms with Crippen molar-refractivity contribution in [2.75, 3.05) is 14.2 Å². The summed E-state index contributed by atoms with van der Waals surface area (Å²) in [4.78, 5) is 14.7. The minimum absolute atomic E-state index is 0.175. The molecule has 1 atom stereocenters. The molecule has 0 bridgehead atoms. The first-order valence-electron chi connectivity index (χ1n) is 5.13. The number of halogens is 1. The molecule has 3 N–H and O–H groups in total. The van der Waals surface area contributed by atoms with Crippen LogP contribution in [0.1, 0.15) is 11.6 Å². The van der Waals surface area contributed by atoms with E-state index >= 15 is 0 Å². The van der Waals surface area contributed by atoms with E-state index in [0.717, 1.165) is 0 Å². The summed E-state index contributed by atoms with van der Waals surface area (Å²) in [5, 5.41) is 2.94. The van der Waals surface area contributed by atoms with Crippen molar-refractivity contribution in [2.24, 2.45) is 10.7 Å². The minimum atomic E-state index is -0.537. The molecule has 7 heteroatoms. The van der Waals surface area contributed by atoms with Crippen molar-refractivity contribution < 1.29 is 14.3 Å². The third kappa shape index (κ3) is 1.95. The van der Waals surface area contributed by atoms with Gasteiger partial charge >= 0.3 is 6.03 Å². The molecule has 18 heavy (non-hydrogen) atoms. The number of aliphatic imine (C=N–C) groups is 1. The molecule has 96 valence electrons. The smallest absolute Gasteiger partial charge is 0.343 e. The zero-order chi connectivity index (χ0) is 13.3. The Bertz CT molecular complexity index is 531. The molecule has 1 aliphatic rings. The van der Waals surface area contributed by atoms with E-state index in [9.17, 15) is 4.79 Å². The molecule has 0 aliphatic carbocycles. The van der Waals surface area contributed by atoms with E-state index in [4.69, 9.17) is 26.8 Å². The maximum Gasteiger partial charge on any atom is 0.343 e. The zero-order valence-electron chi connectivity index (χ0n) is 9.86. The predicted octanol–water partition coefficient (Wildman–Crippen LogP) is 1.48. The van der Waals surface area contributed by atoms with Gasteiger partial charge in [-0.1, -0.05) is 17.7 Å². The Labute approximate surface area is 109 Å². The quantitative estimate of drug-likeness (QED) is 0.870. The van der Waals surface area contributed by atoms with Gasteiger partial charge in [-0.15, -0.1) is 0 Å². The van der Waals surface area contributed by atoms with Gasteiger partial charge < -0.3 is 20.5 Å². The molecule has 0 radical (unpaired) electrons. The Hall–Kier alpha value is -1.95. The molecular weight excluding hydrogens is 258 g/mol. The van der Waals surface area contributed by atoms with Gasteiger partial charge in [0.25, 0.3) is 0 Å². The number of hydrogen-bond acceptors (Lipinski definition) is 4. The van der Waals surface area contributed by atoms with E-state index < -0.39 is 12.1 Å². The Balaban J connectivity index is 2.47. The van der Waals surface area contributed by atoms with Crippen LogP contribution in [0.3, 0.4) is 0 Å². The third-order valence-electron chi connectivity index (χ3n) is 2.62. The highest BCUT2D eigenvalue weighted by Crippen LogP contribution is 2.40. The van der Waals surface area contributed by atoms with Crippen LogP contribution in [0, 0.1) is 0 Å². The number of benzene rings is 1. The van der Waals surface area contributed by atoms with Gasteiger partial charge in [-0.25, -0.2) is 4.79 Å². The van der Waals surface area contributed by atoms with Crippen LogP contribution in [0.2, 0.25) is 5.02 Å². The molecule has 6 nitrogen and oxygen atoms in total. The van der Waals surface area contributed by atoms with Crippen molar-refractivity contribution in [3.63, 3.8) is 0 Å². The Morgan fingerprint density at radius 1 is 1.39 bits per heavy atom. The molecule has 0 aromatic heterocycles. The van der Waals surface area contributed by atoms with E-state index in [1.165, 1.54) is 14.2 Å². The number of nitrogens with one attached hydrogen (secondary N) is 1. The molecule has 1 unspecified atom stereocenters. The summed E-state index contributed by atoms with van der Waals surface area (Å²) in [6.45, 7) is 0. The second-order valence-corrected chi connectivity index (χ2v) is 4.00. The number of rotatable bonds is 3. The maximum atomic E-state index is 11.1. The summed E-state index contributed by atoms with van der Waals surface area (Å²) >= 11 is 6.22. The van der Waals surface area contributed by atoms with E-state index in [1.54, 1.807) is 12.1 Å². The first-order chi connectivity index (χ1) is 8.58. The monoisotopic (exact) mass is 269 g/mol. The number of hydrogen-bond donors (Lipinski definition) is 2. The number of nitrogens with two attached hydrogens (primary N) is 1. The highest BCUT2D eigenvalue weighted by molar-refractivity contribution is 6.33. The lowest BCUT2D eigenvalue weighted by Gasteiger charge is -2.16. The van der Waals surface area contributed by atoms with Crippen molar-refractivity contribution in [1.29, 1.82) is 0 Å². The summed E-state index contributed by atoms with van der Waals surface area (Å²) in [5.41, 5.74) is 6.28. The van der Waals surface area contributed by atoms with E-state index in [-0.39, 0.29) is 5.84 Å². The lowest BCUT2D eigenvalue weighted by molar-refractivity contribution is 0.250. The standard InChI is InChI=1S/C11H12ClN3O3/c1-17-6-4-3-5(7(12)9(6)18-2)8-10(13)15-11(16)14-8/h3-4,8H,1-2H3,(H3,13,14,15,16). The number of carbonyl (C=O) groups excluding carboxylic acids is 1. The van der Waals surface area contributed by atoms with Crippen LogP contribution >= 0.6 is 11.6 Å². The molecule has 1 aromatic rings. The highest BCUT2D eigenvalue weighted by Gasteiger charge is 2.28. The van der Waals surface area contributed by atoms with Gasteiger partial charge in [-0.2, -0.15) is 4.99 Å². The molecule has 1 aliphatic heterocycles. The molecule has 0 saturated heterocycles. The lowest BCUT2D eigenvalue weighted by Crippen LogP contribution is -2.28. The number of urea groups is 1. The summed E-state index contributed by atoms with van der Waals surface area (Å²) in [5.74, 6) is 1.07. The van der Waals surface area contributed by atoms with Crippen LogP contribution in [0.5, 0.6) is 11.5 Å². The Kier molecular flexibility index (Phi) is 3.29. The summed E-state index contributed by atoms with van der Waals surface area (Å²) in [6.07, 6.45) is 0. The van der Waals surface area contributed by atoms with Crippen molar-refractivity contribution in [1.82, 2.24) is 5.32 Å². The van der Waals surface area contributed by atoms with E-state index in [1.807, 2.05) is 0 Å². The Morgan fingerprint density at radius 2 is 2.11 bits per heavy atom. The van der Waals surface area contributed by atoms with Gasteiger partial charge in [-0.3, -0.25) is 0 Å². The fourth-order valence-electron chi connectivity index (χ4n) is 1.78. The largest absolute Gasteiger partial charge is 0.493 e. The second-order valence-electron chi connectivity index (χ2n) is 3.62. The van der Waals surface area contributed by atoms with Gasteiger partial charge in [0.05, 0.1) is 19.2 Å². The van der Waals surface area contributed by atoms with Crippen LogP contribution in [0.25, 0.3) is 0 Å². The summed E-state index contributed by atoms with van der Waals surface area (Å²) in [6, 6.07) is 2.38. The number of ether oxygens (including phenoxy) is 2. The summed E-state index contributed by atoms with van der Waals surface area (Å²) < 4.78 is 10.3. The number of amides is 2. The van der Waals surface area contributed by atoms with Crippen molar-refractivity contribution in [2.45, 2.75) is 6.04 Å². The second kappa shape index (κ2) is 4.73. The predicted molar refractivity (Wildman–Crippen MR) is 67.5 cm³/mol. The zero-order valence-corrected chi connectivity index (χ0v) is 10.6. The lowest BCUT2D eigenvalue weighted by atomic mass is 10.1. The Morgan fingerprint density at radius 3 is 2.61 bits per heavy atom. The number of methoxy groups -OCH3 is 2. The van der Waals surface area contributed by atoms with Gasteiger partial charge in [-0.05, 0) is 6.07 Å². The van der Waals surface area contributed by atoms with Crippen LogP contribution in [0.15, 0.2) is 17.1 Å². The van der Waals surface area contributed by atoms with Gasteiger partial charge in [0.15, 0.2) is 11.5 Å². The average molecular weight is 270 g/mol.